The Bertz CT molecular complexity index is 1220. The van der Waals surface area contributed by atoms with Crippen molar-refractivity contribution in [2.24, 2.45) is 5.73 Å². The number of primary amides is 1. The van der Waals surface area contributed by atoms with E-state index < -0.39 is 5.91 Å². The van der Waals surface area contributed by atoms with Crippen LogP contribution in [0.5, 0.6) is 0 Å². The molecule has 1 atom stereocenters. The van der Waals surface area contributed by atoms with E-state index in [1.165, 1.54) is 33.5 Å². The minimum Gasteiger partial charge on any atom is -0.365 e. The van der Waals surface area contributed by atoms with Crippen molar-refractivity contribution in [2.45, 2.75) is 70.1 Å². The summed E-state index contributed by atoms with van der Waals surface area (Å²) in [5.74, 6) is -0.572. The van der Waals surface area contributed by atoms with Crippen LogP contribution in [-0.4, -0.2) is 22.0 Å². The van der Waals surface area contributed by atoms with Gasteiger partial charge in [-0.25, -0.2) is 4.98 Å². The Morgan fingerprint density at radius 1 is 1.16 bits per heavy atom. The fourth-order valence-electron chi connectivity index (χ4n) is 4.45. The summed E-state index contributed by atoms with van der Waals surface area (Å²) < 4.78 is 0. The maximum atomic E-state index is 13.2. The number of carbonyl (C=O) groups is 2. The lowest BCUT2D eigenvalue weighted by Crippen LogP contribution is -2.26. The summed E-state index contributed by atoms with van der Waals surface area (Å²) in [4.78, 5) is 31.4. The Kier molecular flexibility index (Phi) is 6.58. The Morgan fingerprint density at radius 3 is 2.62 bits per heavy atom. The van der Waals surface area contributed by atoms with E-state index in [2.05, 4.69) is 44.3 Å². The molecule has 5 nitrogen and oxygen atoms in total. The SMILES string of the molecule is CCC(Sc1cc(C)c2cc(C)cc(C)c2n1)C(=O)Nc1sc2c(c1C(N)=O)CCCC2. The Labute approximate surface area is 197 Å². The van der Waals surface area contributed by atoms with Crippen LogP contribution in [0.15, 0.2) is 23.2 Å². The van der Waals surface area contributed by atoms with Gasteiger partial charge >= 0.3 is 0 Å². The van der Waals surface area contributed by atoms with Gasteiger partial charge in [0.25, 0.3) is 5.91 Å². The third-order valence-electron chi connectivity index (χ3n) is 6.01. The highest BCUT2D eigenvalue weighted by Gasteiger charge is 2.27. The van der Waals surface area contributed by atoms with Gasteiger partial charge in [0.15, 0.2) is 0 Å². The van der Waals surface area contributed by atoms with Crippen molar-refractivity contribution in [1.82, 2.24) is 4.98 Å². The molecule has 1 unspecified atom stereocenters. The van der Waals surface area contributed by atoms with E-state index in [4.69, 9.17) is 10.7 Å². The molecule has 0 saturated heterocycles. The lowest BCUT2D eigenvalue weighted by molar-refractivity contribution is -0.115. The number of nitrogens with one attached hydrogen (secondary N) is 1. The molecule has 2 aromatic heterocycles. The van der Waals surface area contributed by atoms with Crippen molar-refractivity contribution >= 4 is 50.8 Å². The molecule has 0 bridgehead atoms. The molecule has 1 aliphatic rings. The molecule has 0 spiro atoms. The number of thioether (sulfide) groups is 1. The van der Waals surface area contributed by atoms with Gasteiger partial charge in [-0.1, -0.05) is 30.3 Å². The molecule has 0 saturated carbocycles. The highest BCUT2D eigenvalue weighted by atomic mass is 32.2. The number of nitrogens with zero attached hydrogens (tertiary/aromatic N) is 1. The molecule has 0 aliphatic heterocycles. The van der Waals surface area contributed by atoms with Gasteiger partial charge in [0.05, 0.1) is 21.4 Å². The summed E-state index contributed by atoms with van der Waals surface area (Å²) in [6, 6.07) is 6.35. The van der Waals surface area contributed by atoms with E-state index in [1.54, 1.807) is 0 Å². The molecule has 7 heteroatoms. The van der Waals surface area contributed by atoms with Crippen molar-refractivity contribution in [1.29, 1.82) is 0 Å². The van der Waals surface area contributed by atoms with Crippen LogP contribution in [0.1, 0.15) is 63.7 Å². The monoisotopic (exact) mass is 467 g/mol. The fourth-order valence-corrected chi connectivity index (χ4v) is 6.76. The molecule has 0 radical (unpaired) electrons. The van der Waals surface area contributed by atoms with Gasteiger partial charge in [0.2, 0.25) is 5.91 Å². The van der Waals surface area contributed by atoms with E-state index in [-0.39, 0.29) is 11.2 Å². The van der Waals surface area contributed by atoms with Crippen LogP contribution in [0.2, 0.25) is 0 Å². The Balaban J connectivity index is 1.60. The van der Waals surface area contributed by atoms with E-state index in [1.807, 2.05) is 6.92 Å². The Hall–Kier alpha value is -2.38. The number of fused-ring (bicyclic) bond motifs is 2. The van der Waals surface area contributed by atoms with E-state index in [0.29, 0.717) is 17.0 Å². The number of amides is 2. The molecule has 1 aliphatic carbocycles. The molecule has 168 valence electrons. The molecule has 2 amide bonds. The minimum absolute atomic E-state index is 0.112. The topological polar surface area (TPSA) is 85.1 Å². The first kappa shape index (κ1) is 22.8. The molecular weight excluding hydrogens is 438 g/mol. The number of carbonyl (C=O) groups excluding carboxylic acids is 2. The van der Waals surface area contributed by atoms with E-state index in [0.717, 1.165) is 58.3 Å². The lowest BCUT2D eigenvalue weighted by atomic mass is 9.95. The summed E-state index contributed by atoms with van der Waals surface area (Å²) in [5.41, 5.74) is 11.7. The molecular formula is C25H29N3O2S2. The summed E-state index contributed by atoms with van der Waals surface area (Å²) in [7, 11) is 0. The van der Waals surface area contributed by atoms with Crippen LogP contribution >= 0.6 is 23.1 Å². The number of anilines is 1. The first-order valence-electron chi connectivity index (χ1n) is 11.1. The standard InChI is InChI=1S/C25H29N3O2S2/c1-5-18(31-20-12-14(3)17-11-13(2)10-15(4)22(17)27-20)24(30)28-25-21(23(26)29)16-8-6-7-9-19(16)32-25/h10-12,18H,5-9H2,1-4H3,(H2,26,29)(H,28,30). The summed E-state index contributed by atoms with van der Waals surface area (Å²) in [5, 5.41) is 5.30. The van der Waals surface area contributed by atoms with Gasteiger partial charge in [-0.15, -0.1) is 11.3 Å². The van der Waals surface area contributed by atoms with Crippen LogP contribution in [0.25, 0.3) is 10.9 Å². The normalized spacial score (nSPS) is 14.2. The highest BCUT2D eigenvalue weighted by Crippen LogP contribution is 2.38. The van der Waals surface area contributed by atoms with Crippen molar-refractivity contribution in [3.63, 3.8) is 0 Å². The number of aryl methyl sites for hydroxylation is 4. The highest BCUT2D eigenvalue weighted by molar-refractivity contribution is 8.00. The Morgan fingerprint density at radius 2 is 1.91 bits per heavy atom. The maximum absolute atomic E-state index is 13.2. The van der Waals surface area contributed by atoms with Gasteiger partial charge in [0, 0.05) is 10.3 Å². The lowest BCUT2D eigenvalue weighted by Gasteiger charge is -2.16. The predicted octanol–water partition coefficient (Wildman–Crippen LogP) is 5.71. The molecule has 3 aromatic rings. The number of aromatic nitrogens is 1. The van der Waals surface area contributed by atoms with Crippen LogP contribution in [-0.2, 0) is 17.6 Å². The van der Waals surface area contributed by atoms with Crippen LogP contribution in [0.4, 0.5) is 5.00 Å². The first-order chi connectivity index (χ1) is 15.3. The van der Waals surface area contributed by atoms with Crippen molar-refractivity contribution < 1.29 is 9.59 Å². The van der Waals surface area contributed by atoms with Gasteiger partial charge in [-0.05, 0) is 81.7 Å². The van der Waals surface area contributed by atoms with Crippen molar-refractivity contribution in [3.8, 4) is 0 Å². The minimum atomic E-state index is -0.460. The van der Waals surface area contributed by atoms with E-state index in [9.17, 15) is 9.59 Å². The third kappa shape index (κ3) is 4.41. The van der Waals surface area contributed by atoms with E-state index >= 15 is 0 Å². The van der Waals surface area contributed by atoms with Gasteiger partial charge < -0.3 is 11.1 Å². The number of nitrogens with two attached hydrogens (primary N) is 1. The molecule has 3 N–H and O–H groups in total. The molecule has 2 heterocycles. The number of thiophene rings is 1. The second-order valence-corrected chi connectivity index (χ2v) is 10.9. The number of hydrogen-bond acceptors (Lipinski definition) is 5. The summed E-state index contributed by atoms with van der Waals surface area (Å²) >= 11 is 2.98. The van der Waals surface area contributed by atoms with Crippen LogP contribution < -0.4 is 11.1 Å². The molecule has 4 rings (SSSR count). The largest absolute Gasteiger partial charge is 0.365 e. The zero-order valence-electron chi connectivity index (χ0n) is 19.0. The van der Waals surface area contributed by atoms with Gasteiger partial charge in [-0.3, -0.25) is 9.59 Å². The average molecular weight is 468 g/mol. The first-order valence-corrected chi connectivity index (χ1v) is 12.8. The molecule has 0 fully saturated rings. The molecule has 32 heavy (non-hydrogen) atoms. The number of rotatable bonds is 6. The zero-order valence-corrected chi connectivity index (χ0v) is 20.6. The summed E-state index contributed by atoms with van der Waals surface area (Å²) in [6.45, 7) is 8.25. The van der Waals surface area contributed by atoms with Gasteiger partial charge in [0.1, 0.15) is 5.00 Å². The fraction of sp³-hybridized carbons (Fsp3) is 0.400. The second kappa shape index (κ2) is 9.24. The zero-order chi connectivity index (χ0) is 23.0. The smallest absolute Gasteiger partial charge is 0.251 e. The third-order valence-corrected chi connectivity index (χ3v) is 8.50. The quantitative estimate of drug-likeness (QED) is 0.455. The molecule has 1 aromatic carbocycles. The van der Waals surface area contributed by atoms with Crippen LogP contribution in [0, 0.1) is 20.8 Å². The van der Waals surface area contributed by atoms with Crippen molar-refractivity contribution in [2.75, 3.05) is 5.32 Å². The second-order valence-electron chi connectivity index (χ2n) is 8.54. The average Bonchev–Trinajstić information content (AvgIpc) is 3.10. The number of hydrogen-bond donors (Lipinski definition) is 2. The maximum Gasteiger partial charge on any atom is 0.251 e. The van der Waals surface area contributed by atoms with Crippen molar-refractivity contribution in [3.05, 3.63) is 50.9 Å². The van der Waals surface area contributed by atoms with Crippen LogP contribution in [0.3, 0.4) is 0 Å². The van der Waals surface area contributed by atoms with Gasteiger partial charge in [-0.2, -0.15) is 0 Å². The number of pyridine rings is 1. The predicted molar refractivity (Wildman–Crippen MR) is 134 cm³/mol. The summed E-state index contributed by atoms with van der Waals surface area (Å²) in [6.07, 6.45) is 4.61. The number of benzene rings is 1.